The van der Waals surface area contributed by atoms with Crippen molar-refractivity contribution < 1.29 is 0 Å². The Bertz CT molecular complexity index is 1430. The number of nitrogens with zero attached hydrogens (tertiary/aromatic N) is 1. The molecule has 0 saturated carbocycles. The van der Waals surface area contributed by atoms with Crippen LogP contribution in [-0.4, -0.2) is 6.71 Å². The summed E-state index contributed by atoms with van der Waals surface area (Å²) in [6.07, 6.45) is 0. The SMILES string of the molecule is Cc1ccc(N2c3ccc(C)cc3B3c4ccc(Cl)cc4C(C)(C)c4c(C)ccc2c43)cc1. The third-order valence-corrected chi connectivity index (χ3v) is 7.85. The van der Waals surface area contributed by atoms with E-state index in [4.69, 9.17) is 11.6 Å². The fraction of sp³-hybridized carbons (Fsp3) is 0.200. The molecule has 3 heteroatoms. The van der Waals surface area contributed by atoms with E-state index in [1.807, 2.05) is 0 Å². The van der Waals surface area contributed by atoms with E-state index in [2.05, 4.69) is 112 Å². The van der Waals surface area contributed by atoms with Gasteiger partial charge in [0.1, 0.15) is 0 Å². The lowest BCUT2D eigenvalue weighted by Gasteiger charge is -2.46. The van der Waals surface area contributed by atoms with Crippen LogP contribution < -0.4 is 21.3 Å². The second kappa shape index (κ2) is 7.02. The van der Waals surface area contributed by atoms with Crippen molar-refractivity contribution in [3.8, 4) is 0 Å². The third-order valence-electron chi connectivity index (χ3n) is 7.61. The van der Waals surface area contributed by atoms with Crippen molar-refractivity contribution in [3.63, 3.8) is 0 Å². The Balaban J connectivity index is 1.75. The van der Waals surface area contributed by atoms with Crippen LogP contribution in [0.3, 0.4) is 0 Å². The Morgan fingerprint density at radius 2 is 1.42 bits per heavy atom. The quantitative estimate of drug-likeness (QED) is 0.276. The van der Waals surface area contributed by atoms with E-state index in [9.17, 15) is 0 Å². The van der Waals surface area contributed by atoms with Crippen LogP contribution in [0.4, 0.5) is 17.1 Å². The largest absolute Gasteiger partial charge is 0.312 e. The molecule has 2 aliphatic heterocycles. The van der Waals surface area contributed by atoms with Crippen molar-refractivity contribution in [1.82, 2.24) is 0 Å². The number of aryl methyl sites for hydroxylation is 3. The van der Waals surface area contributed by atoms with Crippen LogP contribution in [-0.2, 0) is 5.41 Å². The molecule has 2 heterocycles. The molecule has 4 aromatic carbocycles. The highest BCUT2D eigenvalue weighted by molar-refractivity contribution is 6.99. The van der Waals surface area contributed by atoms with Crippen LogP contribution in [0.2, 0.25) is 5.02 Å². The lowest BCUT2D eigenvalue weighted by molar-refractivity contribution is 0.641. The lowest BCUT2D eigenvalue weighted by atomic mass is 9.30. The summed E-state index contributed by atoms with van der Waals surface area (Å²) in [5.74, 6) is 0. The van der Waals surface area contributed by atoms with Gasteiger partial charge in [-0.05, 0) is 84.8 Å². The average Bonchev–Trinajstić information content (AvgIpc) is 2.78. The van der Waals surface area contributed by atoms with Crippen LogP contribution in [0.5, 0.6) is 0 Å². The minimum absolute atomic E-state index is 0.133. The lowest BCUT2D eigenvalue weighted by Crippen LogP contribution is -2.64. The maximum atomic E-state index is 6.54. The van der Waals surface area contributed by atoms with Crippen LogP contribution in [0.15, 0.2) is 72.8 Å². The molecular weight excluding hydrogens is 421 g/mol. The van der Waals surface area contributed by atoms with E-state index in [0.717, 1.165) is 5.02 Å². The molecule has 0 unspecified atom stereocenters. The number of benzene rings is 4. The zero-order valence-corrected chi connectivity index (χ0v) is 20.6. The summed E-state index contributed by atoms with van der Waals surface area (Å²) in [5.41, 5.74) is 14.5. The van der Waals surface area contributed by atoms with Crippen molar-refractivity contribution >= 4 is 51.8 Å². The summed E-state index contributed by atoms with van der Waals surface area (Å²) in [4.78, 5) is 2.46. The Morgan fingerprint density at radius 1 is 0.727 bits per heavy atom. The maximum Gasteiger partial charge on any atom is 0.247 e. The number of fused-ring (bicyclic) bond motifs is 4. The number of halogens is 1. The zero-order chi connectivity index (χ0) is 23.1. The predicted octanol–water partition coefficient (Wildman–Crippen LogP) is 6.20. The van der Waals surface area contributed by atoms with Gasteiger partial charge in [0.25, 0.3) is 0 Å². The fourth-order valence-corrected chi connectivity index (χ4v) is 6.35. The maximum absolute atomic E-state index is 6.54. The normalized spacial score (nSPS) is 15.1. The van der Waals surface area contributed by atoms with Crippen molar-refractivity contribution in [2.75, 3.05) is 4.90 Å². The van der Waals surface area contributed by atoms with Gasteiger partial charge in [-0.1, -0.05) is 78.4 Å². The van der Waals surface area contributed by atoms with Gasteiger partial charge in [-0.2, -0.15) is 0 Å². The fourth-order valence-electron chi connectivity index (χ4n) is 6.18. The first-order chi connectivity index (χ1) is 15.8. The minimum atomic E-state index is -0.133. The highest BCUT2D eigenvalue weighted by Crippen LogP contribution is 2.43. The Kier molecular flexibility index (Phi) is 4.39. The molecule has 2 aliphatic rings. The van der Waals surface area contributed by atoms with Crippen molar-refractivity contribution in [1.29, 1.82) is 0 Å². The van der Waals surface area contributed by atoms with Crippen LogP contribution >= 0.6 is 11.6 Å². The average molecular weight is 448 g/mol. The van der Waals surface area contributed by atoms with E-state index in [-0.39, 0.29) is 12.1 Å². The number of anilines is 3. The summed E-state index contributed by atoms with van der Waals surface area (Å²) < 4.78 is 0. The summed E-state index contributed by atoms with van der Waals surface area (Å²) in [5, 5.41) is 0.806. The molecule has 0 spiro atoms. The van der Waals surface area contributed by atoms with Gasteiger partial charge in [-0.3, -0.25) is 0 Å². The molecule has 162 valence electrons. The molecule has 0 N–H and O–H groups in total. The number of hydrogen-bond donors (Lipinski definition) is 0. The predicted molar refractivity (Wildman–Crippen MR) is 144 cm³/mol. The summed E-state index contributed by atoms with van der Waals surface area (Å²) >= 11 is 6.54. The minimum Gasteiger partial charge on any atom is -0.312 e. The van der Waals surface area contributed by atoms with Crippen molar-refractivity contribution in [3.05, 3.63) is 106 Å². The first kappa shape index (κ1) is 20.6. The topological polar surface area (TPSA) is 3.24 Å². The molecule has 0 fully saturated rings. The smallest absolute Gasteiger partial charge is 0.247 e. The molecule has 0 bridgehead atoms. The molecule has 0 aliphatic carbocycles. The summed E-state index contributed by atoms with van der Waals surface area (Å²) in [6, 6.07) is 26.9. The van der Waals surface area contributed by atoms with E-state index < -0.39 is 0 Å². The second-order valence-corrected chi connectivity index (χ2v) is 10.6. The van der Waals surface area contributed by atoms with E-state index in [0.29, 0.717) is 0 Å². The Morgan fingerprint density at radius 3 is 2.18 bits per heavy atom. The van der Waals surface area contributed by atoms with Crippen molar-refractivity contribution in [2.45, 2.75) is 40.0 Å². The van der Waals surface area contributed by atoms with Gasteiger partial charge in [-0.25, -0.2) is 0 Å². The summed E-state index contributed by atoms with van der Waals surface area (Å²) in [6.45, 7) is 11.5. The standard InChI is InChI=1S/C30H27BClN/c1-18-6-11-22(12-7-18)33-26-14-8-19(2)16-25(26)31-24-13-10-21(32)17-23(24)30(4,5)28-20(3)9-15-27(33)29(28)31/h6-17H,1-5H3. The molecule has 0 radical (unpaired) electrons. The van der Waals surface area contributed by atoms with Gasteiger partial charge in [0.15, 0.2) is 0 Å². The molecular formula is C30H27BClN. The van der Waals surface area contributed by atoms with Gasteiger partial charge in [0, 0.05) is 27.5 Å². The number of hydrogen-bond acceptors (Lipinski definition) is 1. The summed E-state index contributed by atoms with van der Waals surface area (Å²) in [7, 11) is 0. The first-order valence-electron chi connectivity index (χ1n) is 11.7. The molecule has 0 aromatic heterocycles. The molecule has 0 saturated heterocycles. The Labute approximate surface area is 202 Å². The molecule has 0 atom stereocenters. The van der Waals surface area contributed by atoms with Gasteiger partial charge >= 0.3 is 0 Å². The van der Waals surface area contributed by atoms with E-state index in [1.165, 1.54) is 61.3 Å². The molecule has 0 amide bonds. The van der Waals surface area contributed by atoms with Gasteiger partial charge in [-0.15, -0.1) is 0 Å². The molecule has 6 rings (SSSR count). The van der Waals surface area contributed by atoms with Gasteiger partial charge in [0.05, 0.1) is 0 Å². The molecule has 4 aromatic rings. The number of rotatable bonds is 1. The van der Waals surface area contributed by atoms with Crippen LogP contribution in [0, 0.1) is 20.8 Å². The van der Waals surface area contributed by atoms with E-state index in [1.54, 1.807) is 0 Å². The monoisotopic (exact) mass is 447 g/mol. The highest BCUT2D eigenvalue weighted by atomic mass is 35.5. The molecule has 33 heavy (non-hydrogen) atoms. The Hall–Kier alpha value is -2.97. The van der Waals surface area contributed by atoms with Gasteiger partial charge < -0.3 is 4.90 Å². The third kappa shape index (κ3) is 2.87. The zero-order valence-electron chi connectivity index (χ0n) is 19.8. The van der Waals surface area contributed by atoms with Gasteiger partial charge in [0.2, 0.25) is 6.71 Å². The van der Waals surface area contributed by atoms with E-state index >= 15 is 0 Å². The molecule has 1 nitrogen and oxygen atoms in total. The van der Waals surface area contributed by atoms with Crippen LogP contribution in [0.25, 0.3) is 0 Å². The van der Waals surface area contributed by atoms with Crippen LogP contribution in [0.1, 0.15) is 41.7 Å². The first-order valence-corrected chi connectivity index (χ1v) is 12.1. The second-order valence-electron chi connectivity index (χ2n) is 10.2. The highest BCUT2D eigenvalue weighted by Gasteiger charge is 2.46. The van der Waals surface area contributed by atoms with Crippen molar-refractivity contribution in [2.24, 2.45) is 0 Å².